The van der Waals surface area contributed by atoms with Crippen molar-refractivity contribution in [1.29, 1.82) is 0 Å². The van der Waals surface area contributed by atoms with Crippen LogP contribution in [0, 0.1) is 6.92 Å². The number of rotatable bonds is 13. The first-order valence-corrected chi connectivity index (χ1v) is 16.9. The SMILES string of the molecule is CCCNC(=O)C(Cc1ccccc1)N(Cc1cccc(Br)c1)C(=O)CN(c1ccccc1Cl)S(=O)(=O)c1ccc(C)cc1. The van der Waals surface area contributed by atoms with E-state index in [-0.39, 0.29) is 34.5 Å². The molecule has 7 nitrogen and oxygen atoms in total. The molecule has 44 heavy (non-hydrogen) atoms. The standard InChI is InChI=1S/C34H35BrClN3O4S/c1-3-20-37-34(41)32(22-26-10-5-4-6-11-26)38(23-27-12-9-13-28(35)21-27)33(40)24-39(31-15-8-7-14-30(31)36)44(42,43)29-18-16-25(2)17-19-29/h4-19,21,32H,3,20,22-24H2,1-2H3,(H,37,41). The van der Waals surface area contributed by atoms with Crippen LogP contribution in [-0.4, -0.2) is 44.3 Å². The van der Waals surface area contributed by atoms with Gasteiger partial charge in [0, 0.05) is 24.0 Å². The van der Waals surface area contributed by atoms with Crippen molar-refractivity contribution in [2.24, 2.45) is 0 Å². The van der Waals surface area contributed by atoms with Crippen molar-refractivity contribution in [1.82, 2.24) is 10.2 Å². The normalized spacial score (nSPS) is 11.9. The van der Waals surface area contributed by atoms with Gasteiger partial charge < -0.3 is 10.2 Å². The fraction of sp³-hybridized carbons (Fsp3) is 0.235. The van der Waals surface area contributed by atoms with Crippen LogP contribution in [0.25, 0.3) is 0 Å². The van der Waals surface area contributed by atoms with Crippen molar-refractivity contribution in [2.75, 3.05) is 17.4 Å². The minimum atomic E-state index is -4.23. The summed E-state index contributed by atoms with van der Waals surface area (Å²) in [6, 6.07) is 28.9. The first-order valence-electron chi connectivity index (χ1n) is 14.3. The van der Waals surface area contributed by atoms with Gasteiger partial charge in [0.25, 0.3) is 10.0 Å². The highest BCUT2D eigenvalue weighted by Crippen LogP contribution is 2.31. The third-order valence-electron chi connectivity index (χ3n) is 7.07. The largest absolute Gasteiger partial charge is 0.354 e. The third-order valence-corrected chi connectivity index (χ3v) is 9.66. The lowest BCUT2D eigenvalue weighted by Gasteiger charge is -2.34. The van der Waals surface area contributed by atoms with Crippen LogP contribution in [0.3, 0.4) is 0 Å². The molecular weight excluding hydrogens is 662 g/mol. The molecule has 0 fully saturated rings. The van der Waals surface area contributed by atoms with Crippen molar-refractivity contribution in [3.05, 3.63) is 129 Å². The van der Waals surface area contributed by atoms with Gasteiger partial charge in [-0.25, -0.2) is 8.42 Å². The lowest BCUT2D eigenvalue weighted by Crippen LogP contribution is -2.53. The molecule has 2 amide bonds. The highest BCUT2D eigenvalue weighted by molar-refractivity contribution is 9.10. The van der Waals surface area contributed by atoms with E-state index >= 15 is 0 Å². The van der Waals surface area contributed by atoms with E-state index in [0.29, 0.717) is 6.54 Å². The molecule has 4 rings (SSSR count). The number of carbonyl (C=O) groups is 2. The summed E-state index contributed by atoms with van der Waals surface area (Å²) in [5.74, 6) is -0.863. The van der Waals surface area contributed by atoms with Gasteiger partial charge in [-0.3, -0.25) is 13.9 Å². The Balaban J connectivity index is 1.80. The molecule has 0 saturated carbocycles. The van der Waals surface area contributed by atoms with E-state index in [2.05, 4.69) is 21.2 Å². The average Bonchev–Trinajstić information content (AvgIpc) is 3.01. The number of sulfonamides is 1. The lowest BCUT2D eigenvalue weighted by atomic mass is 10.0. The quantitative estimate of drug-likeness (QED) is 0.167. The summed E-state index contributed by atoms with van der Waals surface area (Å²) in [5, 5.41) is 3.12. The first kappa shape index (κ1) is 33.2. The van der Waals surface area contributed by atoms with E-state index in [1.807, 2.05) is 68.4 Å². The van der Waals surface area contributed by atoms with E-state index in [9.17, 15) is 18.0 Å². The zero-order chi connectivity index (χ0) is 31.7. The molecule has 10 heteroatoms. The van der Waals surface area contributed by atoms with Gasteiger partial charge in [0.2, 0.25) is 11.8 Å². The maximum Gasteiger partial charge on any atom is 0.264 e. The van der Waals surface area contributed by atoms with Crippen LogP contribution in [0.15, 0.2) is 112 Å². The first-order chi connectivity index (χ1) is 21.1. The van der Waals surface area contributed by atoms with Crippen LogP contribution in [0.2, 0.25) is 5.02 Å². The summed E-state index contributed by atoms with van der Waals surface area (Å²) < 4.78 is 30.1. The second-order valence-corrected chi connectivity index (χ2v) is 13.6. The molecule has 0 aliphatic heterocycles. The zero-order valence-electron chi connectivity index (χ0n) is 24.6. The summed E-state index contributed by atoms with van der Waals surface area (Å²) in [4.78, 5) is 29.6. The Morgan fingerprint density at radius 3 is 2.20 bits per heavy atom. The number of nitrogens with one attached hydrogen (secondary N) is 1. The Morgan fingerprint density at radius 1 is 0.886 bits per heavy atom. The Kier molecular flexibility index (Phi) is 11.6. The Hall–Kier alpha value is -3.66. The van der Waals surface area contributed by atoms with E-state index in [0.717, 1.165) is 31.9 Å². The number of benzene rings is 4. The molecule has 0 aliphatic rings. The molecule has 0 radical (unpaired) electrons. The Bertz CT molecular complexity index is 1680. The highest BCUT2D eigenvalue weighted by atomic mass is 79.9. The monoisotopic (exact) mass is 695 g/mol. The van der Waals surface area contributed by atoms with Crippen molar-refractivity contribution >= 4 is 55.1 Å². The summed E-state index contributed by atoms with van der Waals surface area (Å²) in [5.41, 5.74) is 2.71. The highest BCUT2D eigenvalue weighted by Gasteiger charge is 2.35. The number of halogens is 2. The van der Waals surface area contributed by atoms with Gasteiger partial charge in [0.05, 0.1) is 15.6 Å². The van der Waals surface area contributed by atoms with Crippen LogP contribution < -0.4 is 9.62 Å². The average molecular weight is 697 g/mol. The number of carbonyl (C=O) groups excluding carboxylic acids is 2. The fourth-order valence-corrected chi connectivity index (χ4v) is 6.92. The van der Waals surface area contributed by atoms with Crippen LogP contribution in [0.5, 0.6) is 0 Å². The van der Waals surface area contributed by atoms with Crippen LogP contribution in [-0.2, 0) is 32.6 Å². The summed E-state index contributed by atoms with van der Waals surface area (Å²) in [6.07, 6.45) is 0.964. The number of hydrogen-bond acceptors (Lipinski definition) is 4. The van der Waals surface area contributed by atoms with Gasteiger partial charge in [0.1, 0.15) is 12.6 Å². The van der Waals surface area contributed by atoms with Gasteiger partial charge in [-0.05, 0) is 60.9 Å². The molecule has 0 saturated heterocycles. The summed E-state index contributed by atoms with van der Waals surface area (Å²) >= 11 is 10.0. The van der Waals surface area contributed by atoms with Crippen molar-refractivity contribution in [3.8, 4) is 0 Å². The molecule has 0 aromatic heterocycles. The number of hydrogen-bond donors (Lipinski definition) is 1. The maximum absolute atomic E-state index is 14.5. The lowest BCUT2D eigenvalue weighted by molar-refractivity contribution is -0.140. The molecule has 4 aromatic rings. The molecule has 1 N–H and O–H groups in total. The third kappa shape index (κ3) is 8.49. The number of para-hydroxylation sites is 1. The molecule has 0 bridgehead atoms. The molecule has 4 aromatic carbocycles. The summed E-state index contributed by atoms with van der Waals surface area (Å²) in [6.45, 7) is 3.77. The second kappa shape index (κ2) is 15.4. The van der Waals surface area contributed by atoms with E-state index in [1.165, 1.54) is 17.0 Å². The topological polar surface area (TPSA) is 86.8 Å². The molecule has 0 aliphatic carbocycles. The van der Waals surface area contributed by atoms with Crippen molar-refractivity contribution < 1.29 is 18.0 Å². The Labute approximate surface area is 273 Å². The zero-order valence-corrected chi connectivity index (χ0v) is 27.8. The van der Waals surface area contributed by atoms with Gasteiger partial charge >= 0.3 is 0 Å². The molecule has 1 atom stereocenters. The van der Waals surface area contributed by atoms with E-state index in [4.69, 9.17) is 11.6 Å². The van der Waals surface area contributed by atoms with E-state index < -0.39 is 28.5 Å². The van der Waals surface area contributed by atoms with Crippen molar-refractivity contribution in [2.45, 2.75) is 44.2 Å². The minimum absolute atomic E-state index is 0.0240. The van der Waals surface area contributed by atoms with Gasteiger partial charge in [0.15, 0.2) is 0 Å². The predicted molar refractivity (Wildman–Crippen MR) is 179 cm³/mol. The summed E-state index contributed by atoms with van der Waals surface area (Å²) in [7, 11) is -4.23. The minimum Gasteiger partial charge on any atom is -0.354 e. The molecule has 0 heterocycles. The smallest absolute Gasteiger partial charge is 0.264 e. The fourth-order valence-electron chi connectivity index (χ4n) is 4.76. The van der Waals surface area contributed by atoms with Gasteiger partial charge in [-0.2, -0.15) is 0 Å². The number of amides is 2. The van der Waals surface area contributed by atoms with Crippen LogP contribution in [0.4, 0.5) is 5.69 Å². The van der Waals surface area contributed by atoms with Gasteiger partial charge in [-0.1, -0.05) is 107 Å². The van der Waals surface area contributed by atoms with Crippen LogP contribution >= 0.6 is 27.5 Å². The molecule has 0 spiro atoms. The molecule has 230 valence electrons. The molecule has 1 unspecified atom stereocenters. The maximum atomic E-state index is 14.5. The number of aryl methyl sites for hydroxylation is 1. The predicted octanol–water partition coefficient (Wildman–Crippen LogP) is 6.77. The van der Waals surface area contributed by atoms with Gasteiger partial charge in [-0.15, -0.1) is 0 Å². The number of anilines is 1. The second-order valence-electron chi connectivity index (χ2n) is 10.4. The Morgan fingerprint density at radius 2 is 1.55 bits per heavy atom. The number of nitrogens with zero attached hydrogens (tertiary/aromatic N) is 2. The molecular formula is C34H35BrClN3O4S. The van der Waals surface area contributed by atoms with E-state index in [1.54, 1.807) is 36.4 Å². The van der Waals surface area contributed by atoms with Crippen molar-refractivity contribution in [3.63, 3.8) is 0 Å². The van der Waals surface area contributed by atoms with Crippen LogP contribution in [0.1, 0.15) is 30.0 Å².